The first-order valence-electron chi connectivity index (χ1n) is 9.73. The van der Waals surface area contributed by atoms with Gasteiger partial charge in [0.25, 0.3) is 5.91 Å². The van der Waals surface area contributed by atoms with Crippen LogP contribution in [0.3, 0.4) is 0 Å². The molecule has 9 heteroatoms. The van der Waals surface area contributed by atoms with Gasteiger partial charge in [0.2, 0.25) is 0 Å². The van der Waals surface area contributed by atoms with E-state index in [-0.39, 0.29) is 30.7 Å². The summed E-state index contributed by atoms with van der Waals surface area (Å²) in [6, 6.07) is 8.02. The standard InChI is InChI=1S/C20H27N5O2.2ClH/c26-13-14-5-8-25(9-6-14)12-15-2-1-3-16(10-15)22-20(27)19-17-11-21-7-4-18(17)23-24-19;;/h1-3,10,14,21,26H,4-9,11-13H2,(H,22,27)(H,23,24);2*1H. The van der Waals surface area contributed by atoms with Gasteiger partial charge in [0.1, 0.15) is 0 Å². The zero-order chi connectivity index (χ0) is 18.6. The first-order chi connectivity index (χ1) is 13.2. The van der Waals surface area contributed by atoms with E-state index in [1.165, 1.54) is 5.56 Å². The summed E-state index contributed by atoms with van der Waals surface area (Å²) in [6.07, 6.45) is 2.97. The van der Waals surface area contributed by atoms with Crippen LogP contribution in [0, 0.1) is 5.92 Å². The highest BCUT2D eigenvalue weighted by atomic mass is 35.5. The van der Waals surface area contributed by atoms with Gasteiger partial charge in [-0.15, -0.1) is 24.8 Å². The summed E-state index contributed by atoms with van der Waals surface area (Å²) >= 11 is 0. The van der Waals surface area contributed by atoms with E-state index in [0.29, 0.717) is 24.8 Å². The number of H-pyrrole nitrogens is 1. The maximum absolute atomic E-state index is 12.7. The lowest BCUT2D eigenvalue weighted by Crippen LogP contribution is -2.34. The predicted octanol–water partition coefficient (Wildman–Crippen LogP) is 2.36. The molecule has 2 aromatic rings. The Hall–Kier alpha value is -1.64. The Bertz CT molecular complexity index is 806. The van der Waals surface area contributed by atoms with Crippen LogP contribution in [0.25, 0.3) is 0 Å². The number of piperidine rings is 1. The quantitative estimate of drug-likeness (QED) is 0.571. The number of aromatic amines is 1. The molecule has 0 saturated carbocycles. The van der Waals surface area contributed by atoms with Gasteiger partial charge >= 0.3 is 0 Å². The smallest absolute Gasteiger partial charge is 0.276 e. The summed E-state index contributed by atoms with van der Waals surface area (Å²) < 4.78 is 0. The molecule has 4 N–H and O–H groups in total. The second kappa shape index (κ2) is 10.9. The fourth-order valence-electron chi connectivity index (χ4n) is 3.94. The number of carbonyl (C=O) groups excluding carboxylic acids is 1. The summed E-state index contributed by atoms with van der Waals surface area (Å²) in [5.74, 6) is 0.276. The molecule has 0 atom stereocenters. The highest BCUT2D eigenvalue weighted by molar-refractivity contribution is 6.04. The molecule has 2 aliphatic heterocycles. The third kappa shape index (κ3) is 5.71. The number of fused-ring (bicyclic) bond motifs is 1. The second-order valence-electron chi connectivity index (χ2n) is 7.51. The first kappa shape index (κ1) is 23.6. The van der Waals surface area contributed by atoms with E-state index in [4.69, 9.17) is 0 Å². The molecule has 2 aliphatic rings. The number of hydrogen-bond acceptors (Lipinski definition) is 5. The van der Waals surface area contributed by atoms with Crippen LogP contribution in [0.1, 0.15) is 40.2 Å². The molecular formula is C20H29Cl2N5O2. The topological polar surface area (TPSA) is 93.3 Å². The monoisotopic (exact) mass is 441 g/mol. The van der Waals surface area contributed by atoms with Crippen molar-refractivity contribution < 1.29 is 9.90 Å². The average Bonchev–Trinajstić information content (AvgIpc) is 3.13. The van der Waals surface area contributed by atoms with Crippen LogP contribution < -0.4 is 10.6 Å². The molecule has 3 heterocycles. The Labute approximate surface area is 183 Å². The van der Waals surface area contributed by atoms with E-state index in [1.54, 1.807) is 0 Å². The van der Waals surface area contributed by atoms with Crippen molar-refractivity contribution in [2.75, 3.05) is 31.6 Å². The molecule has 160 valence electrons. The van der Waals surface area contributed by atoms with Crippen molar-refractivity contribution in [3.8, 4) is 0 Å². The largest absolute Gasteiger partial charge is 0.396 e. The SMILES string of the molecule is Cl.Cl.O=C(Nc1cccc(CN2CCC(CO)CC2)c1)c1n[nH]c2c1CNCC2. The van der Waals surface area contributed by atoms with Crippen molar-refractivity contribution in [2.24, 2.45) is 5.92 Å². The Morgan fingerprint density at radius 1 is 1.28 bits per heavy atom. The second-order valence-corrected chi connectivity index (χ2v) is 7.51. The highest BCUT2D eigenvalue weighted by Gasteiger charge is 2.22. The minimum Gasteiger partial charge on any atom is -0.396 e. The number of nitrogens with one attached hydrogen (secondary N) is 3. The lowest BCUT2D eigenvalue weighted by molar-refractivity contribution is 0.102. The van der Waals surface area contributed by atoms with Gasteiger partial charge in [-0.1, -0.05) is 12.1 Å². The van der Waals surface area contributed by atoms with Crippen molar-refractivity contribution >= 4 is 36.4 Å². The molecule has 0 aliphatic carbocycles. The van der Waals surface area contributed by atoms with E-state index in [1.807, 2.05) is 18.2 Å². The van der Waals surface area contributed by atoms with Gasteiger partial charge in [-0.25, -0.2) is 0 Å². The number of aromatic nitrogens is 2. The van der Waals surface area contributed by atoms with Crippen LogP contribution in [0.4, 0.5) is 5.69 Å². The Morgan fingerprint density at radius 3 is 2.83 bits per heavy atom. The molecule has 0 bridgehead atoms. The molecule has 29 heavy (non-hydrogen) atoms. The number of nitrogens with zero attached hydrogens (tertiary/aromatic N) is 2. The van der Waals surface area contributed by atoms with Crippen molar-refractivity contribution in [2.45, 2.75) is 32.4 Å². The lowest BCUT2D eigenvalue weighted by atomic mass is 9.97. The molecular weight excluding hydrogens is 413 g/mol. The van der Waals surface area contributed by atoms with Crippen molar-refractivity contribution in [1.29, 1.82) is 0 Å². The van der Waals surface area contributed by atoms with Gasteiger partial charge in [0, 0.05) is 49.6 Å². The number of benzene rings is 1. The summed E-state index contributed by atoms with van der Waals surface area (Å²) in [7, 11) is 0. The van der Waals surface area contributed by atoms with Crippen molar-refractivity contribution in [1.82, 2.24) is 20.4 Å². The van der Waals surface area contributed by atoms with Crippen LogP contribution in [0.2, 0.25) is 0 Å². The van der Waals surface area contributed by atoms with Crippen LogP contribution in [0.15, 0.2) is 24.3 Å². The average molecular weight is 442 g/mol. The minimum atomic E-state index is -0.169. The third-order valence-electron chi connectivity index (χ3n) is 5.58. The fourth-order valence-corrected chi connectivity index (χ4v) is 3.94. The number of likely N-dealkylation sites (tertiary alicyclic amines) is 1. The Kier molecular flexibility index (Phi) is 8.92. The predicted molar refractivity (Wildman–Crippen MR) is 118 cm³/mol. The molecule has 1 aromatic heterocycles. The number of halogens is 2. The normalized spacial score (nSPS) is 17.0. The zero-order valence-electron chi connectivity index (χ0n) is 16.3. The Morgan fingerprint density at radius 2 is 2.07 bits per heavy atom. The maximum Gasteiger partial charge on any atom is 0.276 e. The van der Waals surface area contributed by atoms with Crippen LogP contribution >= 0.6 is 24.8 Å². The number of rotatable bonds is 5. The maximum atomic E-state index is 12.7. The zero-order valence-corrected chi connectivity index (χ0v) is 18.0. The van der Waals surface area contributed by atoms with Gasteiger partial charge in [-0.05, 0) is 49.5 Å². The number of hydrogen-bond donors (Lipinski definition) is 4. The lowest BCUT2D eigenvalue weighted by Gasteiger charge is -2.31. The van der Waals surface area contributed by atoms with Crippen molar-refractivity contribution in [3.63, 3.8) is 0 Å². The summed E-state index contributed by atoms with van der Waals surface area (Å²) in [5.41, 5.74) is 4.48. The first-order valence-corrected chi connectivity index (χ1v) is 9.73. The Balaban J connectivity index is 0.00000150. The van der Waals surface area contributed by atoms with E-state index in [0.717, 1.165) is 62.4 Å². The number of anilines is 1. The van der Waals surface area contributed by atoms with Crippen molar-refractivity contribution in [3.05, 3.63) is 46.8 Å². The number of aliphatic hydroxyl groups excluding tert-OH is 1. The molecule has 1 aromatic carbocycles. The number of amides is 1. The molecule has 1 saturated heterocycles. The van der Waals surface area contributed by atoms with Crippen LogP contribution in [-0.2, 0) is 19.5 Å². The highest BCUT2D eigenvalue weighted by Crippen LogP contribution is 2.21. The molecule has 7 nitrogen and oxygen atoms in total. The number of carbonyl (C=O) groups is 1. The molecule has 1 amide bonds. The van der Waals surface area contributed by atoms with Gasteiger partial charge in [0.15, 0.2) is 5.69 Å². The summed E-state index contributed by atoms with van der Waals surface area (Å²) in [4.78, 5) is 15.1. The molecule has 4 rings (SSSR count). The van der Waals surface area contributed by atoms with Crippen LogP contribution in [-0.4, -0.2) is 52.4 Å². The van der Waals surface area contributed by atoms with E-state index < -0.39 is 0 Å². The molecule has 0 spiro atoms. The van der Waals surface area contributed by atoms with Gasteiger partial charge < -0.3 is 15.7 Å². The number of aliphatic hydroxyl groups is 1. The minimum absolute atomic E-state index is 0. The summed E-state index contributed by atoms with van der Waals surface area (Å²) in [5, 5.41) is 22.8. The molecule has 0 unspecified atom stereocenters. The third-order valence-corrected chi connectivity index (χ3v) is 5.58. The fraction of sp³-hybridized carbons (Fsp3) is 0.500. The molecule has 1 fully saturated rings. The van der Waals surface area contributed by atoms with E-state index in [9.17, 15) is 9.90 Å². The van der Waals surface area contributed by atoms with E-state index >= 15 is 0 Å². The van der Waals surface area contributed by atoms with Gasteiger partial charge in [-0.2, -0.15) is 5.10 Å². The molecule has 0 radical (unpaired) electrons. The van der Waals surface area contributed by atoms with Gasteiger partial charge in [-0.3, -0.25) is 14.8 Å². The van der Waals surface area contributed by atoms with Crippen LogP contribution in [0.5, 0.6) is 0 Å². The summed E-state index contributed by atoms with van der Waals surface area (Å²) in [6.45, 7) is 4.76. The van der Waals surface area contributed by atoms with Gasteiger partial charge in [0.05, 0.1) is 0 Å². The van der Waals surface area contributed by atoms with E-state index in [2.05, 4.69) is 31.8 Å².